The summed E-state index contributed by atoms with van der Waals surface area (Å²) in [6.07, 6.45) is 4.73. The molecule has 1 fully saturated rings. The largest absolute Gasteiger partial charge is 0.473 e. The van der Waals surface area contributed by atoms with E-state index in [9.17, 15) is 4.79 Å². The number of hydrogen-bond acceptors (Lipinski definition) is 2. The molecule has 0 radical (unpaired) electrons. The van der Waals surface area contributed by atoms with Gasteiger partial charge in [-0.1, -0.05) is 58.2 Å². The van der Waals surface area contributed by atoms with Crippen LogP contribution in [0, 0.1) is 12.8 Å². The summed E-state index contributed by atoms with van der Waals surface area (Å²) in [5, 5.41) is 5.90. The van der Waals surface area contributed by atoms with Gasteiger partial charge in [-0.3, -0.25) is 0 Å². The van der Waals surface area contributed by atoms with Crippen molar-refractivity contribution in [3.05, 3.63) is 29.3 Å². The second-order valence-electron chi connectivity index (χ2n) is 8.06. The second-order valence-corrected chi connectivity index (χ2v) is 8.06. The van der Waals surface area contributed by atoms with Crippen LogP contribution in [-0.4, -0.2) is 18.8 Å². The van der Waals surface area contributed by atoms with Crippen LogP contribution < -0.4 is 15.4 Å². The third kappa shape index (κ3) is 5.15. The first kappa shape index (κ1) is 18.6. The van der Waals surface area contributed by atoms with Crippen molar-refractivity contribution in [1.29, 1.82) is 0 Å². The maximum atomic E-state index is 12.1. The molecule has 0 heterocycles. The Hall–Kier alpha value is -1.71. The highest BCUT2D eigenvalue weighted by Crippen LogP contribution is 2.32. The Morgan fingerprint density at radius 1 is 1.25 bits per heavy atom. The molecule has 2 N–H and O–H groups in total. The van der Waals surface area contributed by atoms with Gasteiger partial charge in [-0.2, -0.15) is 0 Å². The van der Waals surface area contributed by atoms with Gasteiger partial charge in [-0.15, -0.1) is 0 Å². The molecule has 1 aromatic carbocycles. The summed E-state index contributed by atoms with van der Waals surface area (Å²) in [4.78, 5) is 12.1. The monoisotopic (exact) mass is 332 g/mol. The Morgan fingerprint density at radius 2 is 1.96 bits per heavy atom. The van der Waals surface area contributed by atoms with E-state index in [0.717, 1.165) is 17.7 Å². The van der Waals surface area contributed by atoms with Crippen LogP contribution in [0.2, 0.25) is 0 Å². The minimum Gasteiger partial charge on any atom is -0.473 e. The molecule has 24 heavy (non-hydrogen) atoms. The van der Waals surface area contributed by atoms with Crippen molar-refractivity contribution in [2.45, 2.75) is 71.8 Å². The molecular formula is C20H32N2O2. The molecule has 1 aromatic rings. The van der Waals surface area contributed by atoms with Crippen LogP contribution in [0.1, 0.15) is 64.5 Å². The minimum absolute atomic E-state index is 0.00113. The number of nitrogens with one attached hydrogen (secondary N) is 2. The summed E-state index contributed by atoms with van der Waals surface area (Å²) in [7, 11) is 0. The topological polar surface area (TPSA) is 50.4 Å². The fourth-order valence-electron chi connectivity index (χ4n) is 3.29. The van der Waals surface area contributed by atoms with Gasteiger partial charge in [0.25, 0.3) is 0 Å². The van der Waals surface area contributed by atoms with E-state index in [-0.39, 0.29) is 24.2 Å². The zero-order valence-corrected chi connectivity index (χ0v) is 15.7. The molecule has 4 heteroatoms. The lowest BCUT2D eigenvalue weighted by molar-refractivity contribution is 0.207. The van der Waals surface area contributed by atoms with Gasteiger partial charge in [0.1, 0.15) is 5.75 Å². The molecule has 134 valence electrons. The Bertz CT molecular complexity index is 563. The number of ether oxygens (including phenoxy) is 1. The molecule has 0 saturated heterocycles. The molecule has 1 aliphatic carbocycles. The first-order valence-electron chi connectivity index (χ1n) is 9.05. The van der Waals surface area contributed by atoms with E-state index in [1.54, 1.807) is 0 Å². The number of benzene rings is 1. The molecule has 0 aliphatic heterocycles. The molecule has 2 amide bonds. The number of hydrogen-bond donors (Lipinski definition) is 2. The first-order valence-corrected chi connectivity index (χ1v) is 9.05. The minimum atomic E-state index is -0.141. The molecule has 1 saturated carbocycles. The van der Waals surface area contributed by atoms with E-state index in [1.807, 2.05) is 12.1 Å². The molecular weight excluding hydrogens is 300 g/mol. The highest BCUT2D eigenvalue weighted by Gasteiger charge is 2.23. The van der Waals surface area contributed by atoms with Gasteiger partial charge in [0.15, 0.2) is 6.73 Å². The molecule has 2 rings (SSSR count). The van der Waals surface area contributed by atoms with Crippen molar-refractivity contribution in [1.82, 2.24) is 10.6 Å². The van der Waals surface area contributed by atoms with Gasteiger partial charge in [-0.05, 0) is 42.7 Å². The molecule has 0 aromatic heterocycles. The van der Waals surface area contributed by atoms with Crippen molar-refractivity contribution < 1.29 is 9.53 Å². The number of rotatable bonds is 4. The lowest BCUT2D eigenvalue weighted by atomic mass is 9.85. The SMILES string of the molecule is Cc1ccc(OCNC(=O)NC2CCCCC2C)c(C(C)(C)C)c1. The van der Waals surface area contributed by atoms with Crippen LogP contribution in [0.25, 0.3) is 0 Å². The van der Waals surface area contributed by atoms with Gasteiger partial charge in [0.2, 0.25) is 0 Å². The van der Waals surface area contributed by atoms with E-state index in [4.69, 9.17) is 4.74 Å². The molecule has 1 aliphatic rings. The highest BCUT2D eigenvalue weighted by molar-refractivity contribution is 5.74. The molecule has 2 unspecified atom stereocenters. The summed E-state index contributed by atoms with van der Waals surface area (Å²) in [5.74, 6) is 1.38. The lowest BCUT2D eigenvalue weighted by Crippen LogP contribution is -2.47. The lowest BCUT2D eigenvalue weighted by Gasteiger charge is -2.29. The van der Waals surface area contributed by atoms with Gasteiger partial charge >= 0.3 is 6.03 Å². The summed E-state index contributed by atoms with van der Waals surface area (Å²) in [6.45, 7) is 11.0. The van der Waals surface area contributed by atoms with Gasteiger partial charge in [-0.25, -0.2) is 4.79 Å². The predicted octanol–water partition coefficient (Wildman–Crippen LogP) is 4.51. The van der Waals surface area contributed by atoms with Crippen LogP contribution in [0.5, 0.6) is 5.75 Å². The number of aryl methyl sites for hydroxylation is 1. The Balaban J connectivity index is 1.87. The van der Waals surface area contributed by atoms with Gasteiger partial charge in [0, 0.05) is 6.04 Å². The van der Waals surface area contributed by atoms with Crippen molar-refractivity contribution in [2.24, 2.45) is 5.92 Å². The number of carbonyl (C=O) groups is 1. The van der Waals surface area contributed by atoms with Gasteiger partial charge < -0.3 is 15.4 Å². The second kappa shape index (κ2) is 7.91. The average Bonchev–Trinajstić information content (AvgIpc) is 2.50. The predicted molar refractivity (Wildman–Crippen MR) is 98.5 cm³/mol. The summed E-state index contributed by atoms with van der Waals surface area (Å²) in [5.41, 5.74) is 2.37. The van der Waals surface area contributed by atoms with E-state index >= 15 is 0 Å². The van der Waals surface area contributed by atoms with Gasteiger partial charge in [0.05, 0.1) is 0 Å². The van der Waals surface area contributed by atoms with Crippen LogP contribution in [0.3, 0.4) is 0 Å². The molecule has 0 spiro atoms. The molecule has 2 atom stereocenters. The normalized spacial score (nSPS) is 21.2. The third-order valence-electron chi connectivity index (χ3n) is 4.83. The quantitative estimate of drug-likeness (QED) is 0.797. The van der Waals surface area contributed by atoms with Crippen LogP contribution in [0.4, 0.5) is 4.79 Å². The van der Waals surface area contributed by atoms with E-state index < -0.39 is 0 Å². The maximum Gasteiger partial charge on any atom is 0.317 e. The molecule has 4 nitrogen and oxygen atoms in total. The summed E-state index contributed by atoms with van der Waals surface area (Å²) < 4.78 is 5.83. The number of urea groups is 1. The molecule has 0 bridgehead atoms. The fraction of sp³-hybridized carbons (Fsp3) is 0.650. The first-order chi connectivity index (χ1) is 11.3. The van der Waals surface area contributed by atoms with Crippen LogP contribution in [0.15, 0.2) is 18.2 Å². The Morgan fingerprint density at radius 3 is 2.62 bits per heavy atom. The summed E-state index contributed by atoms with van der Waals surface area (Å²) in [6, 6.07) is 6.31. The van der Waals surface area contributed by atoms with Crippen molar-refractivity contribution in [3.8, 4) is 5.75 Å². The number of carbonyl (C=O) groups excluding carboxylic acids is 1. The number of amides is 2. The fourth-order valence-corrected chi connectivity index (χ4v) is 3.29. The zero-order chi connectivity index (χ0) is 17.7. The highest BCUT2D eigenvalue weighted by atomic mass is 16.5. The standard InChI is InChI=1S/C20H32N2O2/c1-14-10-11-18(16(12-14)20(3,4)5)24-13-21-19(23)22-17-9-7-6-8-15(17)2/h10-12,15,17H,6-9,13H2,1-5H3,(H2,21,22,23). The van der Waals surface area contributed by atoms with Crippen LogP contribution in [-0.2, 0) is 5.41 Å². The summed E-state index contributed by atoms with van der Waals surface area (Å²) >= 11 is 0. The van der Waals surface area contributed by atoms with E-state index in [1.165, 1.54) is 24.8 Å². The van der Waals surface area contributed by atoms with Crippen molar-refractivity contribution in [2.75, 3.05) is 6.73 Å². The van der Waals surface area contributed by atoms with E-state index in [0.29, 0.717) is 5.92 Å². The zero-order valence-electron chi connectivity index (χ0n) is 15.7. The Labute approximate surface area is 146 Å². The van der Waals surface area contributed by atoms with Crippen molar-refractivity contribution in [3.63, 3.8) is 0 Å². The van der Waals surface area contributed by atoms with Crippen molar-refractivity contribution >= 4 is 6.03 Å². The maximum absolute atomic E-state index is 12.1. The van der Waals surface area contributed by atoms with Crippen LogP contribution >= 0.6 is 0 Å². The average molecular weight is 332 g/mol. The third-order valence-corrected chi connectivity index (χ3v) is 4.83. The smallest absolute Gasteiger partial charge is 0.317 e. The Kier molecular flexibility index (Phi) is 6.14. The van der Waals surface area contributed by atoms with E-state index in [2.05, 4.69) is 51.3 Å².